The standard InChI is InChI=1S/C23H29N3O6/c1-15(16-6-7-18-12-19(32-2)9-8-17(18)11-16)22(30)24-10-4-3-5-20(26-14-27)23(31)25-13-21(28)29/h6-9,11-12,14-15,20H,3-5,10,13H2,1-2H3,(H,24,30)(H,25,31)(H,26,27)(H,28,29). The van der Waals surface area contributed by atoms with Crippen molar-refractivity contribution in [3.05, 3.63) is 42.0 Å². The van der Waals surface area contributed by atoms with Crippen LogP contribution < -0.4 is 20.7 Å². The maximum atomic E-state index is 12.5. The lowest BCUT2D eigenvalue weighted by Crippen LogP contribution is -2.45. The Morgan fingerprint density at radius 3 is 2.44 bits per heavy atom. The highest BCUT2D eigenvalue weighted by Crippen LogP contribution is 2.25. The number of methoxy groups -OCH3 is 1. The third-order valence-corrected chi connectivity index (χ3v) is 5.18. The summed E-state index contributed by atoms with van der Waals surface area (Å²) in [5, 5.41) is 18.2. The first-order chi connectivity index (χ1) is 15.3. The van der Waals surface area contributed by atoms with Crippen molar-refractivity contribution in [3.8, 4) is 5.75 Å². The molecule has 2 rings (SSSR count). The van der Waals surface area contributed by atoms with E-state index in [0.717, 1.165) is 22.1 Å². The summed E-state index contributed by atoms with van der Waals surface area (Å²) in [4.78, 5) is 45.7. The normalized spacial score (nSPS) is 12.4. The van der Waals surface area contributed by atoms with E-state index in [-0.39, 0.29) is 11.8 Å². The van der Waals surface area contributed by atoms with E-state index in [1.54, 1.807) is 7.11 Å². The number of hydrogen-bond donors (Lipinski definition) is 4. The van der Waals surface area contributed by atoms with E-state index < -0.39 is 24.5 Å². The van der Waals surface area contributed by atoms with Gasteiger partial charge in [-0.2, -0.15) is 0 Å². The second-order valence-electron chi connectivity index (χ2n) is 7.43. The first-order valence-corrected chi connectivity index (χ1v) is 10.4. The molecule has 2 aromatic rings. The van der Waals surface area contributed by atoms with E-state index in [4.69, 9.17) is 9.84 Å². The Balaban J connectivity index is 1.80. The number of carboxylic acid groups (broad SMARTS) is 1. The summed E-state index contributed by atoms with van der Waals surface area (Å²) in [7, 11) is 1.62. The maximum absolute atomic E-state index is 12.5. The number of amides is 3. The Kier molecular flexibility index (Phi) is 9.46. The second kappa shape index (κ2) is 12.3. The van der Waals surface area contributed by atoms with E-state index >= 15 is 0 Å². The Labute approximate surface area is 186 Å². The van der Waals surface area contributed by atoms with Gasteiger partial charge in [0.1, 0.15) is 18.3 Å². The summed E-state index contributed by atoms with van der Waals surface area (Å²) in [6, 6.07) is 10.9. The fourth-order valence-electron chi connectivity index (χ4n) is 3.29. The van der Waals surface area contributed by atoms with Gasteiger partial charge in [0.05, 0.1) is 13.0 Å². The number of ether oxygens (including phenoxy) is 1. The van der Waals surface area contributed by atoms with E-state index in [1.807, 2.05) is 43.3 Å². The summed E-state index contributed by atoms with van der Waals surface area (Å²) in [6.45, 7) is 1.77. The van der Waals surface area contributed by atoms with Crippen molar-refractivity contribution < 1.29 is 29.0 Å². The van der Waals surface area contributed by atoms with Gasteiger partial charge in [-0.1, -0.05) is 24.3 Å². The highest BCUT2D eigenvalue weighted by molar-refractivity contribution is 5.88. The Morgan fingerprint density at radius 1 is 1.03 bits per heavy atom. The van der Waals surface area contributed by atoms with Gasteiger partial charge in [0.2, 0.25) is 18.2 Å². The Morgan fingerprint density at radius 2 is 1.75 bits per heavy atom. The van der Waals surface area contributed by atoms with E-state index in [9.17, 15) is 19.2 Å². The van der Waals surface area contributed by atoms with Gasteiger partial charge in [0.15, 0.2) is 0 Å². The fourth-order valence-corrected chi connectivity index (χ4v) is 3.29. The number of unbranched alkanes of at least 4 members (excludes halogenated alkanes) is 1. The van der Waals surface area contributed by atoms with E-state index in [0.29, 0.717) is 32.2 Å². The number of benzene rings is 2. The largest absolute Gasteiger partial charge is 0.497 e. The van der Waals surface area contributed by atoms with Crippen molar-refractivity contribution in [2.24, 2.45) is 0 Å². The number of rotatable bonds is 13. The number of carbonyl (C=O) groups is 4. The SMILES string of the molecule is COc1ccc2cc(C(C)C(=O)NCCCCC(NC=O)C(=O)NCC(=O)O)ccc2c1. The fraction of sp³-hybridized carbons (Fsp3) is 0.391. The molecule has 0 saturated carbocycles. The lowest BCUT2D eigenvalue weighted by molar-refractivity contribution is -0.138. The molecule has 0 aliphatic rings. The van der Waals surface area contributed by atoms with Crippen LogP contribution in [0.3, 0.4) is 0 Å². The highest BCUT2D eigenvalue weighted by Gasteiger charge is 2.18. The quantitative estimate of drug-likeness (QED) is 0.274. The third kappa shape index (κ3) is 7.26. The summed E-state index contributed by atoms with van der Waals surface area (Å²) in [6.07, 6.45) is 1.93. The second-order valence-corrected chi connectivity index (χ2v) is 7.43. The zero-order valence-corrected chi connectivity index (χ0v) is 18.2. The van der Waals surface area contributed by atoms with Gasteiger partial charge in [-0.05, 0) is 54.7 Å². The monoisotopic (exact) mass is 443 g/mol. The minimum atomic E-state index is -1.16. The molecule has 3 amide bonds. The zero-order chi connectivity index (χ0) is 23.5. The van der Waals surface area contributed by atoms with Crippen molar-refractivity contribution >= 4 is 35.0 Å². The van der Waals surface area contributed by atoms with Crippen LogP contribution >= 0.6 is 0 Å². The maximum Gasteiger partial charge on any atom is 0.322 e. The lowest BCUT2D eigenvalue weighted by Gasteiger charge is -2.16. The van der Waals surface area contributed by atoms with Gasteiger partial charge in [0.25, 0.3) is 0 Å². The molecule has 0 spiro atoms. The highest BCUT2D eigenvalue weighted by atomic mass is 16.5. The molecular formula is C23H29N3O6. The number of nitrogens with one attached hydrogen (secondary N) is 3. The van der Waals surface area contributed by atoms with Crippen molar-refractivity contribution in [1.29, 1.82) is 0 Å². The Bertz CT molecular complexity index is 962. The number of carbonyl (C=O) groups excluding carboxylic acids is 3. The molecule has 32 heavy (non-hydrogen) atoms. The molecule has 9 heteroatoms. The van der Waals surface area contributed by atoms with Gasteiger partial charge in [-0.15, -0.1) is 0 Å². The molecule has 4 N–H and O–H groups in total. The van der Waals surface area contributed by atoms with Crippen LogP contribution in [0.4, 0.5) is 0 Å². The molecule has 0 aliphatic heterocycles. The van der Waals surface area contributed by atoms with Gasteiger partial charge in [0, 0.05) is 6.54 Å². The number of carboxylic acids is 1. The van der Waals surface area contributed by atoms with Gasteiger partial charge in [-0.3, -0.25) is 19.2 Å². The summed E-state index contributed by atoms with van der Waals surface area (Å²) in [5.74, 6) is -1.36. The van der Waals surface area contributed by atoms with Crippen molar-refractivity contribution in [1.82, 2.24) is 16.0 Å². The third-order valence-electron chi connectivity index (χ3n) is 5.18. The molecule has 0 fully saturated rings. The molecular weight excluding hydrogens is 414 g/mol. The van der Waals surface area contributed by atoms with Crippen molar-refractivity contribution in [2.75, 3.05) is 20.2 Å². The van der Waals surface area contributed by atoms with Crippen LogP contribution in [-0.2, 0) is 19.2 Å². The molecule has 0 saturated heterocycles. The first kappa shape index (κ1) is 24.6. The van der Waals surface area contributed by atoms with E-state index in [2.05, 4.69) is 16.0 Å². The molecule has 0 heterocycles. The summed E-state index contributed by atoms with van der Waals surface area (Å²) in [5.41, 5.74) is 0.908. The van der Waals surface area contributed by atoms with Crippen LogP contribution in [0.2, 0.25) is 0 Å². The van der Waals surface area contributed by atoms with Crippen LogP contribution in [0, 0.1) is 0 Å². The average Bonchev–Trinajstić information content (AvgIpc) is 2.80. The molecule has 2 atom stereocenters. The smallest absolute Gasteiger partial charge is 0.322 e. The van der Waals surface area contributed by atoms with E-state index in [1.165, 1.54) is 0 Å². The van der Waals surface area contributed by atoms with Crippen molar-refractivity contribution in [2.45, 2.75) is 38.1 Å². The van der Waals surface area contributed by atoms with Crippen LogP contribution in [0.25, 0.3) is 10.8 Å². The Hall–Kier alpha value is -3.62. The molecule has 9 nitrogen and oxygen atoms in total. The molecule has 0 bridgehead atoms. The van der Waals surface area contributed by atoms with Crippen LogP contribution in [-0.4, -0.2) is 55.5 Å². The first-order valence-electron chi connectivity index (χ1n) is 10.4. The van der Waals surface area contributed by atoms with Crippen LogP contribution in [0.1, 0.15) is 37.7 Å². The number of fused-ring (bicyclic) bond motifs is 1. The molecule has 2 unspecified atom stereocenters. The number of aliphatic carboxylic acids is 1. The molecule has 0 radical (unpaired) electrons. The van der Waals surface area contributed by atoms with Gasteiger partial charge >= 0.3 is 5.97 Å². The van der Waals surface area contributed by atoms with Crippen molar-refractivity contribution in [3.63, 3.8) is 0 Å². The average molecular weight is 444 g/mol. The molecule has 2 aromatic carbocycles. The molecule has 0 aliphatic carbocycles. The van der Waals surface area contributed by atoms with Crippen LogP contribution in [0.5, 0.6) is 5.75 Å². The zero-order valence-electron chi connectivity index (χ0n) is 18.2. The molecule has 0 aromatic heterocycles. The summed E-state index contributed by atoms with van der Waals surface area (Å²) < 4.78 is 5.23. The van der Waals surface area contributed by atoms with Crippen LogP contribution in [0.15, 0.2) is 36.4 Å². The predicted octanol–water partition coefficient (Wildman–Crippen LogP) is 1.55. The van der Waals surface area contributed by atoms with Gasteiger partial charge < -0.3 is 25.8 Å². The topological polar surface area (TPSA) is 134 Å². The number of hydrogen-bond acceptors (Lipinski definition) is 5. The molecule has 172 valence electrons. The van der Waals surface area contributed by atoms with Gasteiger partial charge in [-0.25, -0.2) is 0 Å². The lowest BCUT2D eigenvalue weighted by atomic mass is 9.97. The predicted molar refractivity (Wildman–Crippen MR) is 119 cm³/mol. The summed E-state index contributed by atoms with van der Waals surface area (Å²) >= 11 is 0. The minimum absolute atomic E-state index is 0.0976. The minimum Gasteiger partial charge on any atom is -0.497 e.